The Morgan fingerprint density at radius 1 is 1.24 bits per heavy atom. The van der Waals surface area contributed by atoms with Gasteiger partial charge in [0.2, 0.25) is 0 Å². The number of fused-ring (bicyclic) bond motifs is 1. The Morgan fingerprint density at radius 3 is 2.81 bits per heavy atom. The first-order chi connectivity index (χ1) is 10.2. The van der Waals surface area contributed by atoms with Gasteiger partial charge >= 0.3 is 0 Å². The van der Waals surface area contributed by atoms with E-state index in [0.717, 1.165) is 29.2 Å². The van der Waals surface area contributed by atoms with Gasteiger partial charge in [-0.1, -0.05) is 35.9 Å². The zero-order chi connectivity index (χ0) is 14.8. The Bertz CT molecular complexity index is 641. The largest absolute Gasteiger partial charge is 0.496 e. The van der Waals surface area contributed by atoms with E-state index in [9.17, 15) is 0 Å². The molecule has 1 N–H and O–H groups in total. The molecule has 0 saturated heterocycles. The number of hydrogen-bond acceptors (Lipinski definition) is 2. The van der Waals surface area contributed by atoms with Crippen molar-refractivity contribution >= 4 is 11.6 Å². The molecule has 2 aromatic carbocycles. The number of aryl methyl sites for hydroxylation is 1. The third kappa shape index (κ3) is 2.66. The first kappa shape index (κ1) is 14.4. The summed E-state index contributed by atoms with van der Waals surface area (Å²) in [5.41, 5.74) is 4.04. The molecule has 0 bridgehead atoms. The number of rotatable bonds is 4. The van der Waals surface area contributed by atoms with E-state index in [4.69, 9.17) is 16.3 Å². The van der Waals surface area contributed by atoms with Crippen molar-refractivity contribution in [3.63, 3.8) is 0 Å². The molecule has 2 unspecified atom stereocenters. The van der Waals surface area contributed by atoms with Crippen LogP contribution in [-0.2, 0) is 6.42 Å². The number of halogens is 1. The van der Waals surface area contributed by atoms with Gasteiger partial charge in [-0.2, -0.15) is 0 Å². The molecule has 0 fully saturated rings. The van der Waals surface area contributed by atoms with Crippen molar-refractivity contribution in [3.05, 3.63) is 64.2 Å². The molecular formula is C18H20ClNO. The first-order valence-corrected chi connectivity index (χ1v) is 7.71. The van der Waals surface area contributed by atoms with Crippen molar-refractivity contribution in [2.75, 3.05) is 14.2 Å². The van der Waals surface area contributed by atoms with Gasteiger partial charge in [0, 0.05) is 22.5 Å². The van der Waals surface area contributed by atoms with Crippen molar-refractivity contribution in [3.8, 4) is 5.75 Å². The average Bonchev–Trinajstić information content (AvgIpc) is 2.93. The fraction of sp³-hybridized carbons (Fsp3) is 0.333. The van der Waals surface area contributed by atoms with Crippen LogP contribution in [0.1, 0.15) is 35.1 Å². The van der Waals surface area contributed by atoms with Crippen LogP contribution in [0.4, 0.5) is 0 Å². The van der Waals surface area contributed by atoms with E-state index in [1.165, 1.54) is 11.1 Å². The van der Waals surface area contributed by atoms with Gasteiger partial charge in [-0.05, 0) is 49.2 Å². The number of methoxy groups -OCH3 is 1. The van der Waals surface area contributed by atoms with Crippen LogP contribution in [0.15, 0.2) is 42.5 Å². The summed E-state index contributed by atoms with van der Waals surface area (Å²) in [6.07, 6.45) is 2.29. The Morgan fingerprint density at radius 2 is 2.05 bits per heavy atom. The molecule has 0 aliphatic heterocycles. The second-order valence-electron chi connectivity index (χ2n) is 5.50. The summed E-state index contributed by atoms with van der Waals surface area (Å²) >= 11 is 6.20. The third-order valence-electron chi connectivity index (χ3n) is 4.42. The Hall–Kier alpha value is -1.51. The van der Waals surface area contributed by atoms with Crippen molar-refractivity contribution < 1.29 is 4.74 Å². The summed E-state index contributed by atoms with van der Waals surface area (Å²) < 4.78 is 5.53. The van der Waals surface area contributed by atoms with Crippen molar-refractivity contribution in [1.82, 2.24) is 5.32 Å². The molecule has 0 heterocycles. The average molecular weight is 302 g/mol. The van der Waals surface area contributed by atoms with E-state index in [0.29, 0.717) is 5.92 Å². The lowest BCUT2D eigenvalue weighted by Gasteiger charge is -2.26. The number of likely N-dealkylation sites (N-methyl/N-ethyl adjacent to an activating group) is 1. The van der Waals surface area contributed by atoms with E-state index >= 15 is 0 Å². The second-order valence-corrected chi connectivity index (χ2v) is 5.93. The predicted octanol–water partition coefficient (Wildman–Crippen LogP) is 4.34. The zero-order valence-corrected chi connectivity index (χ0v) is 13.2. The summed E-state index contributed by atoms with van der Waals surface area (Å²) in [6.45, 7) is 0. The molecule has 21 heavy (non-hydrogen) atoms. The molecule has 1 aliphatic carbocycles. The Balaban J connectivity index is 2.02. The van der Waals surface area contributed by atoms with Crippen molar-refractivity contribution in [2.45, 2.75) is 24.8 Å². The lowest BCUT2D eigenvalue weighted by atomic mass is 9.88. The quantitative estimate of drug-likeness (QED) is 0.907. The van der Waals surface area contributed by atoms with Gasteiger partial charge in [0.1, 0.15) is 5.75 Å². The maximum absolute atomic E-state index is 6.20. The SMILES string of the molecule is CNC(c1cc(Cl)ccc1OC)C1CCc2ccccc21. The topological polar surface area (TPSA) is 21.3 Å². The lowest BCUT2D eigenvalue weighted by molar-refractivity contribution is 0.390. The molecule has 0 spiro atoms. The maximum Gasteiger partial charge on any atom is 0.123 e. The fourth-order valence-corrected chi connectivity index (χ4v) is 3.64. The third-order valence-corrected chi connectivity index (χ3v) is 4.65. The van der Waals surface area contributed by atoms with E-state index in [-0.39, 0.29) is 6.04 Å². The molecule has 2 nitrogen and oxygen atoms in total. The van der Waals surface area contributed by atoms with Gasteiger partial charge in [0.15, 0.2) is 0 Å². The van der Waals surface area contributed by atoms with Crippen LogP contribution in [0.25, 0.3) is 0 Å². The first-order valence-electron chi connectivity index (χ1n) is 7.33. The van der Waals surface area contributed by atoms with Crippen LogP contribution in [0.2, 0.25) is 5.02 Å². The van der Waals surface area contributed by atoms with Crippen LogP contribution in [-0.4, -0.2) is 14.2 Å². The molecular weight excluding hydrogens is 282 g/mol. The summed E-state index contributed by atoms with van der Waals surface area (Å²) in [5.74, 6) is 1.35. The molecule has 0 saturated carbocycles. The van der Waals surface area contributed by atoms with Gasteiger partial charge in [-0.15, -0.1) is 0 Å². The molecule has 3 rings (SSSR count). The monoisotopic (exact) mass is 301 g/mol. The molecule has 3 heteroatoms. The Labute approximate surface area is 131 Å². The van der Waals surface area contributed by atoms with Crippen LogP contribution in [0, 0.1) is 0 Å². The number of hydrogen-bond donors (Lipinski definition) is 1. The minimum absolute atomic E-state index is 0.210. The predicted molar refractivity (Wildman–Crippen MR) is 87.3 cm³/mol. The smallest absolute Gasteiger partial charge is 0.123 e. The highest BCUT2D eigenvalue weighted by atomic mass is 35.5. The standard InChI is InChI=1S/C18H20ClNO/c1-20-18(16-11-13(19)8-10-17(16)21-2)15-9-7-12-5-3-4-6-14(12)15/h3-6,8,10-11,15,18,20H,7,9H2,1-2H3. The van der Waals surface area contributed by atoms with E-state index < -0.39 is 0 Å². The highest BCUT2D eigenvalue weighted by Gasteiger charge is 2.31. The molecule has 110 valence electrons. The summed E-state index contributed by atoms with van der Waals surface area (Å²) in [7, 11) is 3.72. The highest BCUT2D eigenvalue weighted by Crippen LogP contribution is 2.44. The van der Waals surface area contributed by atoms with E-state index in [1.54, 1.807) is 7.11 Å². The zero-order valence-electron chi connectivity index (χ0n) is 12.4. The fourth-order valence-electron chi connectivity index (χ4n) is 3.46. The summed E-state index contributed by atoms with van der Waals surface area (Å²) in [4.78, 5) is 0. The van der Waals surface area contributed by atoms with Crippen LogP contribution in [0.3, 0.4) is 0 Å². The van der Waals surface area contributed by atoms with Crippen LogP contribution in [0.5, 0.6) is 5.75 Å². The van der Waals surface area contributed by atoms with Gasteiger partial charge in [-0.3, -0.25) is 0 Å². The van der Waals surface area contributed by atoms with Gasteiger partial charge in [0.25, 0.3) is 0 Å². The maximum atomic E-state index is 6.20. The van der Waals surface area contributed by atoms with Crippen molar-refractivity contribution in [2.24, 2.45) is 0 Å². The van der Waals surface area contributed by atoms with Gasteiger partial charge < -0.3 is 10.1 Å². The van der Waals surface area contributed by atoms with Crippen LogP contribution >= 0.6 is 11.6 Å². The number of benzene rings is 2. The molecule has 1 aliphatic rings. The van der Waals surface area contributed by atoms with E-state index in [1.807, 2.05) is 25.2 Å². The number of nitrogens with one attached hydrogen (secondary N) is 1. The second kappa shape index (κ2) is 6.08. The molecule has 0 aromatic heterocycles. The van der Waals surface area contributed by atoms with Gasteiger partial charge in [0.05, 0.1) is 7.11 Å². The van der Waals surface area contributed by atoms with E-state index in [2.05, 4.69) is 29.6 Å². The minimum Gasteiger partial charge on any atom is -0.496 e. The highest BCUT2D eigenvalue weighted by molar-refractivity contribution is 6.30. The van der Waals surface area contributed by atoms with Crippen molar-refractivity contribution in [1.29, 1.82) is 0 Å². The van der Waals surface area contributed by atoms with Gasteiger partial charge in [-0.25, -0.2) is 0 Å². The molecule has 0 amide bonds. The normalized spacial score (nSPS) is 18.3. The Kier molecular flexibility index (Phi) is 4.18. The lowest BCUT2D eigenvalue weighted by Crippen LogP contribution is -2.23. The molecule has 2 aromatic rings. The number of ether oxygens (including phenoxy) is 1. The summed E-state index contributed by atoms with van der Waals surface area (Å²) in [5, 5.41) is 4.21. The minimum atomic E-state index is 0.210. The van der Waals surface area contributed by atoms with Crippen LogP contribution < -0.4 is 10.1 Å². The summed E-state index contributed by atoms with van der Waals surface area (Å²) in [6, 6.07) is 14.8. The molecule has 0 radical (unpaired) electrons. The molecule has 2 atom stereocenters.